The van der Waals surface area contributed by atoms with Crippen LogP contribution in [0.25, 0.3) is 0 Å². The maximum Gasteiger partial charge on any atom is 0.403 e. The second kappa shape index (κ2) is 6.82. The first-order valence-corrected chi connectivity index (χ1v) is 4.99. The van der Waals surface area contributed by atoms with Gasteiger partial charge < -0.3 is 15.6 Å². The van der Waals surface area contributed by atoms with Crippen LogP contribution in [0.5, 0.6) is 5.75 Å². The SMILES string of the molecule is COc1cccc([C@@H](O)C[C@H](N)C(F)(F)F)c1.Cl. The molecule has 0 heterocycles. The highest BCUT2D eigenvalue weighted by atomic mass is 35.5. The average Bonchev–Trinajstić information content (AvgIpc) is 2.27. The standard InChI is InChI=1S/C11H14F3NO2.ClH/c1-17-8-4-2-3-7(5-8)9(16)6-10(15)11(12,13)14;/h2-5,9-10,16H,6,15H2,1H3;1H/t9-,10-;/m0./s1. The summed E-state index contributed by atoms with van der Waals surface area (Å²) >= 11 is 0. The Morgan fingerprint density at radius 1 is 1.39 bits per heavy atom. The third kappa shape index (κ3) is 4.72. The number of rotatable bonds is 4. The molecule has 0 radical (unpaired) electrons. The summed E-state index contributed by atoms with van der Waals surface area (Å²) in [5, 5.41) is 9.64. The van der Waals surface area contributed by atoms with Gasteiger partial charge in [0.2, 0.25) is 0 Å². The average molecular weight is 286 g/mol. The maximum atomic E-state index is 12.2. The second-order valence-electron chi connectivity index (χ2n) is 3.68. The molecule has 0 aliphatic rings. The Balaban J connectivity index is 0.00000289. The fourth-order valence-electron chi connectivity index (χ4n) is 1.36. The minimum absolute atomic E-state index is 0. The molecule has 3 nitrogen and oxygen atoms in total. The van der Waals surface area contributed by atoms with Crippen LogP contribution in [-0.2, 0) is 0 Å². The van der Waals surface area contributed by atoms with Crippen molar-refractivity contribution in [2.75, 3.05) is 7.11 Å². The van der Waals surface area contributed by atoms with E-state index in [1.54, 1.807) is 12.1 Å². The summed E-state index contributed by atoms with van der Waals surface area (Å²) in [5.74, 6) is 0.474. The number of halogens is 4. The van der Waals surface area contributed by atoms with Crippen LogP contribution in [0.3, 0.4) is 0 Å². The summed E-state index contributed by atoms with van der Waals surface area (Å²) in [4.78, 5) is 0. The van der Waals surface area contributed by atoms with Gasteiger partial charge in [0.15, 0.2) is 0 Å². The van der Waals surface area contributed by atoms with Crippen LogP contribution < -0.4 is 10.5 Å². The van der Waals surface area contributed by atoms with Crippen molar-refractivity contribution in [1.29, 1.82) is 0 Å². The molecule has 3 N–H and O–H groups in total. The summed E-state index contributed by atoms with van der Waals surface area (Å²) in [6.45, 7) is 0. The lowest BCUT2D eigenvalue weighted by Crippen LogP contribution is -2.38. The first-order chi connectivity index (χ1) is 7.84. The van der Waals surface area contributed by atoms with Crippen molar-refractivity contribution in [2.24, 2.45) is 5.73 Å². The Morgan fingerprint density at radius 2 is 2.00 bits per heavy atom. The Morgan fingerprint density at radius 3 is 2.50 bits per heavy atom. The summed E-state index contributed by atoms with van der Waals surface area (Å²) in [6.07, 6.45) is -6.34. The molecule has 1 aromatic carbocycles. The maximum absolute atomic E-state index is 12.2. The van der Waals surface area contributed by atoms with E-state index in [0.717, 1.165) is 0 Å². The van der Waals surface area contributed by atoms with E-state index in [-0.39, 0.29) is 12.4 Å². The van der Waals surface area contributed by atoms with E-state index < -0.39 is 24.7 Å². The van der Waals surface area contributed by atoms with E-state index in [9.17, 15) is 18.3 Å². The third-order valence-electron chi connectivity index (χ3n) is 2.38. The molecule has 0 aliphatic carbocycles. The molecule has 18 heavy (non-hydrogen) atoms. The topological polar surface area (TPSA) is 55.5 Å². The molecule has 0 unspecified atom stereocenters. The molecular formula is C11H15ClF3NO2. The second-order valence-corrected chi connectivity index (χ2v) is 3.68. The number of aliphatic hydroxyl groups excluding tert-OH is 1. The van der Waals surface area contributed by atoms with E-state index in [4.69, 9.17) is 10.5 Å². The van der Waals surface area contributed by atoms with Crippen LogP contribution in [0.4, 0.5) is 13.2 Å². The molecule has 0 aromatic heterocycles. The number of nitrogens with two attached hydrogens (primary N) is 1. The number of hydrogen-bond acceptors (Lipinski definition) is 3. The van der Waals surface area contributed by atoms with E-state index in [1.807, 2.05) is 0 Å². The minimum atomic E-state index is -4.50. The zero-order valence-electron chi connectivity index (χ0n) is 9.65. The van der Waals surface area contributed by atoms with E-state index >= 15 is 0 Å². The third-order valence-corrected chi connectivity index (χ3v) is 2.38. The molecular weight excluding hydrogens is 271 g/mol. The van der Waals surface area contributed by atoms with Gasteiger partial charge in [-0.1, -0.05) is 12.1 Å². The van der Waals surface area contributed by atoms with Crippen molar-refractivity contribution < 1.29 is 23.0 Å². The summed E-state index contributed by atoms with van der Waals surface area (Å²) in [5.41, 5.74) is 5.29. The number of methoxy groups -OCH3 is 1. The summed E-state index contributed by atoms with van der Waals surface area (Å²) < 4.78 is 41.5. The molecule has 0 saturated carbocycles. The van der Waals surface area contributed by atoms with Crippen LogP contribution in [-0.4, -0.2) is 24.4 Å². The van der Waals surface area contributed by atoms with Gasteiger partial charge in [-0.15, -0.1) is 12.4 Å². The minimum Gasteiger partial charge on any atom is -0.497 e. The molecule has 0 fully saturated rings. The lowest BCUT2D eigenvalue weighted by atomic mass is 10.0. The molecule has 1 aromatic rings. The Labute approximate surface area is 109 Å². The highest BCUT2D eigenvalue weighted by molar-refractivity contribution is 5.85. The van der Waals surface area contributed by atoms with E-state index in [2.05, 4.69) is 0 Å². The highest BCUT2D eigenvalue weighted by Crippen LogP contribution is 2.28. The summed E-state index contributed by atoms with van der Waals surface area (Å²) in [7, 11) is 1.44. The Kier molecular flexibility index (Phi) is 6.45. The molecule has 0 spiro atoms. The van der Waals surface area contributed by atoms with Crippen LogP contribution in [0.1, 0.15) is 18.1 Å². The van der Waals surface area contributed by atoms with Gasteiger partial charge in [-0.25, -0.2) is 0 Å². The number of aliphatic hydroxyl groups is 1. The van der Waals surface area contributed by atoms with Gasteiger partial charge in [-0.3, -0.25) is 0 Å². The van der Waals surface area contributed by atoms with Crippen molar-refractivity contribution in [3.8, 4) is 5.75 Å². The Hall–Kier alpha value is -0.980. The molecule has 0 aliphatic heterocycles. The van der Waals surface area contributed by atoms with Gasteiger partial charge in [-0.2, -0.15) is 13.2 Å². The lowest BCUT2D eigenvalue weighted by Gasteiger charge is -2.19. The van der Waals surface area contributed by atoms with Crippen molar-refractivity contribution in [3.63, 3.8) is 0 Å². The first kappa shape index (κ1) is 17.0. The number of hydrogen-bond donors (Lipinski definition) is 2. The van der Waals surface area contributed by atoms with Gasteiger partial charge >= 0.3 is 6.18 Å². The van der Waals surface area contributed by atoms with Crippen molar-refractivity contribution in [1.82, 2.24) is 0 Å². The predicted octanol–water partition coefficient (Wildman–Crippen LogP) is 2.43. The summed E-state index contributed by atoms with van der Waals surface area (Å²) in [6, 6.07) is 4.20. The molecule has 104 valence electrons. The number of ether oxygens (including phenoxy) is 1. The first-order valence-electron chi connectivity index (χ1n) is 4.99. The predicted molar refractivity (Wildman–Crippen MR) is 63.8 cm³/mol. The molecule has 0 saturated heterocycles. The molecule has 0 amide bonds. The fourth-order valence-corrected chi connectivity index (χ4v) is 1.36. The van der Waals surface area contributed by atoms with Crippen molar-refractivity contribution >= 4 is 12.4 Å². The van der Waals surface area contributed by atoms with Gasteiger partial charge in [0.1, 0.15) is 11.8 Å². The van der Waals surface area contributed by atoms with Crippen LogP contribution in [0.15, 0.2) is 24.3 Å². The smallest absolute Gasteiger partial charge is 0.403 e. The normalized spacial score (nSPS) is 14.6. The number of alkyl halides is 3. The van der Waals surface area contributed by atoms with Gasteiger partial charge in [0.05, 0.1) is 13.2 Å². The monoisotopic (exact) mass is 285 g/mol. The fraction of sp³-hybridized carbons (Fsp3) is 0.455. The molecule has 1 rings (SSSR count). The molecule has 2 atom stereocenters. The van der Waals surface area contributed by atoms with Gasteiger partial charge in [0, 0.05) is 6.42 Å². The van der Waals surface area contributed by atoms with Crippen molar-refractivity contribution in [2.45, 2.75) is 24.7 Å². The largest absolute Gasteiger partial charge is 0.497 e. The van der Waals surface area contributed by atoms with Crippen LogP contribution >= 0.6 is 12.4 Å². The molecule has 7 heteroatoms. The van der Waals surface area contributed by atoms with E-state index in [0.29, 0.717) is 11.3 Å². The van der Waals surface area contributed by atoms with Crippen molar-refractivity contribution in [3.05, 3.63) is 29.8 Å². The molecule has 0 bridgehead atoms. The van der Waals surface area contributed by atoms with Gasteiger partial charge in [0.25, 0.3) is 0 Å². The van der Waals surface area contributed by atoms with Crippen LogP contribution in [0, 0.1) is 0 Å². The zero-order chi connectivity index (χ0) is 13.1. The quantitative estimate of drug-likeness (QED) is 0.893. The highest BCUT2D eigenvalue weighted by Gasteiger charge is 2.37. The lowest BCUT2D eigenvalue weighted by molar-refractivity contribution is -0.153. The van der Waals surface area contributed by atoms with E-state index in [1.165, 1.54) is 19.2 Å². The zero-order valence-corrected chi connectivity index (χ0v) is 10.5. The van der Waals surface area contributed by atoms with Gasteiger partial charge in [-0.05, 0) is 17.7 Å². The van der Waals surface area contributed by atoms with Crippen LogP contribution in [0.2, 0.25) is 0 Å². The Bertz CT molecular complexity index is 374. The number of benzene rings is 1.